The maximum Gasteiger partial charge on any atom is 0.307 e. The first-order chi connectivity index (χ1) is 8.99. The van der Waals surface area contributed by atoms with Crippen molar-refractivity contribution in [3.63, 3.8) is 0 Å². The molecule has 2 unspecified atom stereocenters. The lowest BCUT2D eigenvalue weighted by atomic mass is 10.1. The number of aliphatic carboxylic acids is 1. The van der Waals surface area contributed by atoms with Crippen LogP contribution in [-0.4, -0.2) is 23.5 Å². The molecule has 2 atom stereocenters. The summed E-state index contributed by atoms with van der Waals surface area (Å²) in [4.78, 5) is 22.1. The molecule has 1 aliphatic carbocycles. The van der Waals surface area contributed by atoms with Crippen LogP contribution < -0.4 is 5.32 Å². The van der Waals surface area contributed by atoms with Crippen molar-refractivity contribution in [2.45, 2.75) is 12.8 Å². The molecule has 1 amide bonds. The van der Waals surface area contributed by atoms with E-state index in [0.717, 1.165) is 12.1 Å². The van der Waals surface area contributed by atoms with Crippen molar-refractivity contribution in [1.29, 1.82) is 0 Å². The highest BCUT2D eigenvalue weighted by molar-refractivity contribution is 5.89. The number of hydrogen-bond donors (Lipinski definition) is 2. The van der Waals surface area contributed by atoms with Gasteiger partial charge in [0.25, 0.3) is 0 Å². The minimum absolute atomic E-state index is 0.271. The number of nitrogens with one attached hydrogen (secondary N) is 1. The molecule has 2 N–H and O–H groups in total. The Bertz CT molecular complexity index is 519. The van der Waals surface area contributed by atoms with E-state index in [-0.39, 0.29) is 12.5 Å². The van der Waals surface area contributed by atoms with Crippen LogP contribution in [0.2, 0.25) is 0 Å². The van der Waals surface area contributed by atoms with Gasteiger partial charge >= 0.3 is 5.97 Å². The van der Waals surface area contributed by atoms with Crippen LogP contribution in [0.5, 0.6) is 0 Å². The van der Waals surface area contributed by atoms with Crippen LogP contribution >= 0.6 is 0 Å². The molecule has 1 aromatic carbocycles. The van der Waals surface area contributed by atoms with E-state index >= 15 is 0 Å². The summed E-state index contributed by atoms with van der Waals surface area (Å²) >= 11 is 0. The first kappa shape index (κ1) is 13.5. The minimum Gasteiger partial charge on any atom is -0.481 e. The molecule has 4 nitrogen and oxygen atoms in total. The summed E-state index contributed by atoms with van der Waals surface area (Å²) in [6.45, 7) is 0.271. The fourth-order valence-corrected chi connectivity index (χ4v) is 1.91. The van der Waals surface area contributed by atoms with Gasteiger partial charge in [-0.15, -0.1) is 0 Å². The van der Waals surface area contributed by atoms with Crippen LogP contribution in [0.25, 0.3) is 0 Å². The van der Waals surface area contributed by atoms with E-state index < -0.39 is 29.4 Å². The third-order valence-electron chi connectivity index (χ3n) is 3.14. The Kier molecular flexibility index (Phi) is 3.78. The highest BCUT2D eigenvalue weighted by Crippen LogP contribution is 2.38. The predicted octanol–water partition coefficient (Wildman–Crippen LogP) is 1.34. The number of benzene rings is 1. The third-order valence-corrected chi connectivity index (χ3v) is 3.14. The first-order valence-electron chi connectivity index (χ1n) is 5.93. The first-order valence-corrected chi connectivity index (χ1v) is 5.93. The van der Waals surface area contributed by atoms with Crippen molar-refractivity contribution in [2.24, 2.45) is 11.8 Å². The second-order valence-corrected chi connectivity index (χ2v) is 4.58. The van der Waals surface area contributed by atoms with Gasteiger partial charge in [0.1, 0.15) is 0 Å². The molecule has 0 heterocycles. The Labute approximate surface area is 108 Å². The Morgan fingerprint density at radius 3 is 2.58 bits per heavy atom. The second-order valence-electron chi connectivity index (χ2n) is 4.58. The molecule has 102 valence electrons. The molecule has 0 bridgehead atoms. The van der Waals surface area contributed by atoms with E-state index in [2.05, 4.69) is 5.32 Å². The highest BCUT2D eigenvalue weighted by atomic mass is 19.2. The lowest BCUT2D eigenvalue weighted by Crippen LogP contribution is -2.28. The van der Waals surface area contributed by atoms with Gasteiger partial charge in [-0.25, -0.2) is 8.78 Å². The molecule has 1 aromatic rings. The Hall–Kier alpha value is -1.98. The zero-order valence-corrected chi connectivity index (χ0v) is 10.0. The average Bonchev–Trinajstić information content (AvgIpc) is 3.14. The highest BCUT2D eigenvalue weighted by Gasteiger charge is 2.48. The van der Waals surface area contributed by atoms with E-state index in [1.54, 1.807) is 0 Å². The molecule has 19 heavy (non-hydrogen) atoms. The number of carbonyl (C=O) groups excluding carboxylic acids is 1. The van der Waals surface area contributed by atoms with Crippen molar-refractivity contribution in [2.75, 3.05) is 6.54 Å². The second kappa shape index (κ2) is 5.34. The zero-order valence-electron chi connectivity index (χ0n) is 10.0. The van der Waals surface area contributed by atoms with Gasteiger partial charge in [-0.2, -0.15) is 0 Å². The molecule has 1 saturated carbocycles. The maximum absolute atomic E-state index is 12.9. The van der Waals surface area contributed by atoms with E-state index in [4.69, 9.17) is 5.11 Å². The summed E-state index contributed by atoms with van der Waals surface area (Å²) < 4.78 is 25.6. The molecule has 1 fully saturated rings. The average molecular weight is 269 g/mol. The third kappa shape index (κ3) is 3.27. The molecular weight excluding hydrogens is 256 g/mol. The number of carboxylic acid groups (broad SMARTS) is 1. The SMILES string of the molecule is O=C(O)C1CC1C(=O)NCCc1ccc(F)c(F)c1. The maximum atomic E-state index is 12.9. The van der Waals surface area contributed by atoms with Gasteiger partial charge in [-0.05, 0) is 30.5 Å². The molecule has 2 rings (SSSR count). The van der Waals surface area contributed by atoms with Gasteiger partial charge < -0.3 is 10.4 Å². The molecule has 0 radical (unpaired) electrons. The monoisotopic (exact) mass is 269 g/mol. The quantitative estimate of drug-likeness (QED) is 0.847. The summed E-state index contributed by atoms with van der Waals surface area (Å²) in [6.07, 6.45) is 0.736. The van der Waals surface area contributed by atoms with Crippen LogP contribution in [0.4, 0.5) is 8.78 Å². The summed E-state index contributed by atoms with van der Waals surface area (Å²) in [7, 11) is 0. The van der Waals surface area contributed by atoms with Gasteiger partial charge in [0.2, 0.25) is 5.91 Å². The molecular formula is C13H13F2NO3. The molecule has 0 aliphatic heterocycles. The molecule has 0 aromatic heterocycles. The van der Waals surface area contributed by atoms with E-state index in [9.17, 15) is 18.4 Å². The van der Waals surface area contributed by atoms with Crippen LogP contribution in [0.1, 0.15) is 12.0 Å². The number of rotatable bonds is 5. The van der Waals surface area contributed by atoms with E-state index in [1.807, 2.05) is 0 Å². The van der Waals surface area contributed by atoms with Crippen LogP contribution in [-0.2, 0) is 16.0 Å². The Morgan fingerprint density at radius 2 is 2.00 bits per heavy atom. The van der Waals surface area contributed by atoms with Gasteiger partial charge in [-0.1, -0.05) is 6.07 Å². The van der Waals surface area contributed by atoms with Crippen LogP contribution in [0.15, 0.2) is 18.2 Å². The number of amides is 1. The Morgan fingerprint density at radius 1 is 1.26 bits per heavy atom. The number of hydrogen-bond acceptors (Lipinski definition) is 2. The fraction of sp³-hybridized carbons (Fsp3) is 0.385. The van der Waals surface area contributed by atoms with E-state index in [0.29, 0.717) is 18.4 Å². The topological polar surface area (TPSA) is 66.4 Å². The predicted molar refractivity (Wildman–Crippen MR) is 62.3 cm³/mol. The van der Waals surface area contributed by atoms with Gasteiger partial charge in [-0.3, -0.25) is 9.59 Å². The van der Waals surface area contributed by atoms with Crippen molar-refractivity contribution < 1.29 is 23.5 Å². The standard InChI is InChI=1S/C13H13F2NO3/c14-10-2-1-7(5-11(10)15)3-4-16-12(17)8-6-9(8)13(18)19/h1-2,5,8-9H,3-4,6H2,(H,16,17)(H,18,19). The molecule has 0 saturated heterocycles. The largest absolute Gasteiger partial charge is 0.481 e. The normalized spacial score (nSPS) is 20.9. The van der Waals surface area contributed by atoms with Crippen LogP contribution in [0.3, 0.4) is 0 Å². The molecule has 0 spiro atoms. The van der Waals surface area contributed by atoms with Crippen LogP contribution in [0, 0.1) is 23.5 Å². The number of carbonyl (C=O) groups is 2. The smallest absolute Gasteiger partial charge is 0.307 e. The lowest BCUT2D eigenvalue weighted by Gasteiger charge is -2.05. The summed E-state index contributed by atoms with van der Waals surface area (Å²) in [5, 5.41) is 11.3. The van der Waals surface area contributed by atoms with Crippen molar-refractivity contribution in [1.82, 2.24) is 5.32 Å². The molecule has 6 heteroatoms. The van der Waals surface area contributed by atoms with Gasteiger partial charge in [0, 0.05) is 6.54 Å². The minimum atomic E-state index is -0.958. The van der Waals surface area contributed by atoms with E-state index in [1.165, 1.54) is 6.07 Å². The van der Waals surface area contributed by atoms with Crippen molar-refractivity contribution in [3.05, 3.63) is 35.4 Å². The summed E-state index contributed by atoms with van der Waals surface area (Å²) in [6, 6.07) is 3.56. The number of halogens is 2. The Balaban J connectivity index is 1.76. The summed E-state index contributed by atoms with van der Waals surface area (Å²) in [5.41, 5.74) is 0.574. The lowest BCUT2D eigenvalue weighted by molar-refractivity contribution is -0.140. The van der Waals surface area contributed by atoms with Crippen molar-refractivity contribution in [3.8, 4) is 0 Å². The molecule has 1 aliphatic rings. The van der Waals surface area contributed by atoms with Gasteiger partial charge in [0.05, 0.1) is 11.8 Å². The van der Waals surface area contributed by atoms with Gasteiger partial charge in [0.15, 0.2) is 11.6 Å². The van der Waals surface area contributed by atoms with Crippen molar-refractivity contribution >= 4 is 11.9 Å². The fourth-order valence-electron chi connectivity index (χ4n) is 1.91. The summed E-state index contributed by atoms with van der Waals surface area (Å²) in [5.74, 6) is -4.12. The number of carboxylic acids is 1. The zero-order chi connectivity index (χ0) is 14.0.